The molecule has 2 aromatic carbocycles. The van der Waals surface area contributed by atoms with E-state index in [1.54, 1.807) is 22.9 Å². The Bertz CT molecular complexity index is 933. The number of benzene rings is 2. The highest BCUT2D eigenvalue weighted by molar-refractivity contribution is 9.10. The second-order valence-corrected chi connectivity index (χ2v) is 5.77. The van der Waals surface area contributed by atoms with Crippen LogP contribution in [0.5, 0.6) is 0 Å². The summed E-state index contributed by atoms with van der Waals surface area (Å²) >= 11 is 3.39. The Morgan fingerprint density at radius 3 is 2.65 bits per heavy atom. The van der Waals surface area contributed by atoms with Gasteiger partial charge in [-0.25, -0.2) is 9.48 Å². The highest BCUT2D eigenvalue weighted by Gasteiger charge is 2.19. The number of nitrogens with one attached hydrogen (secondary N) is 1. The summed E-state index contributed by atoms with van der Waals surface area (Å²) in [5.41, 5.74) is 1.64. The molecular formula is C16H12BrN3O3. The highest BCUT2D eigenvalue weighted by atomic mass is 79.9. The van der Waals surface area contributed by atoms with Crippen LogP contribution in [0.4, 0.5) is 0 Å². The predicted octanol–water partition coefficient (Wildman–Crippen LogP) is 2.85. The third kappa shape index (κ3) is 2.70. The number of amides is 1. The normalized spacial score (nSPS) is 10.7. The van der Waals surface area contributed by atoms with Crippen LogP contribution in [0.3, 0.4) is 0 Å². The molecule has 1 aromatic heterocycles. The fourth-order valence-corrected chi connectivity index (χ4v) is 2.75. The third-order valence-corrected chi connectivity index (χ3v) is 3.92. The van der Waals surface area contributed by atoms with E-state index < -0.39 is 5.97 Å². The van der Waals surface area contributed by atoms with Crippen LogP contribution in [-0.4, -0.2) is 33.8 Å². The zero-order chi connectivity index (χ0) is 16.6. The summed E-state index contributed by atoms with van der Waals surface area (Å²) in [6, 6.07) is 12.3. The van der Waals surface area contributed by atoms with Gasteiger partial charge in [0.1, 0.15) is 0 Å². The average Bonchev–Trinajstić information content (AvgIpc) is 2.93. The minimum Gasteiger partial charge on any atom is -0.476 e. The lowest BCUT2D eigenvalue weighted by atomic mass is 10.1. The lowest BCUT2D eigenvalue weighted by Gasteiger charge is -2.04. The first kappa shape index (κ1) is 15.2. The number of aromatic nitrogens is 2. The molecule has 0 aliphatic carbocycles. The molecule has 1 heterocycles. The maximum absolute atomic E-state index is 11.8. The number of halogens is 1. The SMILES string of the molecule is CNC(=O)c1ccc2c(c1)c(C(=O)O)nn2-c1cccc(Br)c1. The van der Waals surface area contributed by atoms with Crippen LogP contribution in [0, 0.1) is 0 Å². The molecule has 6 nitrogen and oxygen atoms in total. The summed E-state index contributed by atoms with van der Waals surface area (Å²) in [6.45, 7) is 0. The van der Waals surface area contributed by atoms with Crippen molar-refractivity contribution >= 4 is 38.7 Å². The average molecular weight is 374 g/mol. The van der Waals surface area contributed by atoms with Crippen molar-refractivity contribution in [1.82, 2.24) is 15.1 Å². The molecule has 0 atom stereocenters. The van der Waals surface area contributed by atoms with Gasteiger partial charge in [0, 0.05) is 22.5 Å². The minimum absolute atomic E-state index is 0.0919. The number of rotatable bonds is 3. The van der Waals surface area contributed by atoms with E-state index in [-0.39, 0.29) is 11.6 Å². The number of fused-ring (bicyclic) bond motifs is 1. The Balaban J connectivity index is 2.28. The molecule has 1 amide bonds. The Kier molecular flexibility index (Phi) is 3.87. The van der Waals surface area contributed by atoms with E-state index in [0.29, 0.717) is 16.5 Å². The van der Waals surface area contributed by atoms with Gasteiger partial charge in [0.05, 0.1) is 11.2 Å². The standard InChI is InChI=1S/C16H12BrN3O3/c1-18-15(21)9-5-6-13-12(7-9)14(16(22)23)19-20(13)11-4-2-3-10(17)8-11/h2-8H,1H3,(H,18,21)(H,22,23). The Labute approximate surface area is 139 Å². The summed E-state index contributed by atoms with van der Waals surface area (Å²) in [4.78, 5) is 23.3. The van der Waals surface area contributed by atoms with Gasteiger partial charge < -0.3 is 10.4 Å². The predicted molar refractivity (Wildman–Crippen MR) is 89.1 cm³/mol. The molecule has 2 N–H and O–H groups in total. The zero-order valence-electron chi connectivity index (χ0n) is 12.1. The fraction of sp³-hybridized carbons (Fsp3) is 0.0625. The molecule has 0 fully saturated rings. The molecule has 7 heteroatoms. The van der Waals surface area contributed by atoms with Gasteiger partial charge in [-0.1, -0.05) is 22.0 Å². The van der Waals surface area contributed by atoms with Crippen LogP contribution in [0.1, 0.15) is 20.8 Å². The van der Waals surface area contributed by atoms with Gasteiger partial charge in [-0.3, -0.25) is 4.79 Å². The number of carbonyl (C=O) groups excluding carboxylic acids is 1. The van der Waals surface area contributed by atoms with Gasteiger partial charge in [-0.05, 0) is 36.4 Å². The second-order valence-electron chi connectivity index (χ2n) is 4.86. The number of nitrogens with zero attached hydrogens (tertiary/aromatic N) is 2. The first-order valence-corrected chi connectivity index (χ1v) is 7.54. The van der Waals surface area contributed by atoms with Crippen LogP contribution >= 0.6 is 15.9 Å². The number of hydrogen-bond donors (Lipinski definition) is 2. The van der Waals surface area contributed by atoms with Gasteiger partial charge >= 0.3 is 5.97 Å². The Morgan fingerprint density at radius 1 is 1.22 bits per heavy atom. The largest absolute Gasteiger partial charge is 0.476 e. The van der Waals surface area contributed by atoms with Crippen molar-refractivity contribution in [2.75, 3.05) is 7.05 Å². The minimum atomic E-state index is -1.14. The lowest BCUT2D eigenvalue weighted by molar-refractivity contribution is 0.0691. The van der Waals surface area contributed by atoms with E-state index in [0.717, 1.165) is 10.2 Å². The Hall–Kier alpha value is -2.67. The van der Waals surface area contributed by atoms with Gasteiger partial charge in [0.15, 0.2) is 5.69 Å². The first-order chi connectivity index (χ1) is 11.0. The van der Waals surface area contributed by atoms with E-state index in [2.05, 4.69) is 26.3 Å². The number of carboxylic acid groups (broad SMARTS) is 1. The first-order valence-electron chi connectivity index (χ1n) is 6.75. The molecule has 3 aromatic rings. The van der Waals surface area contributed by atoms with Gasteiger partial charge in [0.25, 0.3) is 5.91 Å². The van der Waals surface area contributed by atoms with Crippen LogP contribution in [0.25, 0.3) is 16.6 Å². The van der Waals surface area contributed by atoms with Gasteiger partial charge in [0.2, 0.25) is 0 Å². The summed E-state index contributed by atoms with van der Waals surface area (Å²) in [5, 5.41) is 16.5. The van der Waals surface area contributed by atoms with E-state index in [9.17, 15) is 14.7 Å². The molecule has 0 radical (unpaired) electrons. The molecule has 23 heavy (non-hydrogen) atoms. The summed E-state index contributed by atoms with van der Waals surface area (Å²) in [5.74, 6) is -1.42. The smallest absolute Gasteiger partial charge is 0.357 e. The third-order valence-electron chi connectivity index (χ3n) is 3.42. The topological polar surface area (TPSA) is 84.2 Å². The molecule has 0 unspecified atom stereocenters. The maximum Gasteiger partial charge on any atom is 0.357 e. The molecule has 0 aliphatic heterocycles. The van der Waals surface area contributed by atoms with Crippen molar-refractivity contribution in [3.05, 3.63) is 58.2 Å². The van der Waals surface area contributed by atoms with Crippen molar-refractivity contribution < 1.29 is 14.7 Å². The van der Waals surface area contributed by atoms with Crippen molar-refractivity contribution in [2.24, 2.45) is 0 Å². The van der Waals surface area contributed by atoms with Crippen LogP contribution in [0.2, 0.25) is 0 Å². The number of carbonyl (C=O) groups is 2. The van der Waals surface area contributed by atoms with Crippen molar-refractivity contribution in [2.45, 2.75) is 0 Å². The van der Waals surface area contributed by atoms with Gasteiger partial charge in [-0.2, -0.15) is 5.10 Å². The molecule has 0 aliphatic rings. The maximum atomic E-state index is 11.8. The molecular weight excluding hydrogens is 362 g/mol. The van der Waals surface area contributed by atoms with Gasteiger partial charge in [-0.15, -0.1) is 0 Å². The molecule has 116 valence electrons. The fourth-order valence-electron chi connectivity index (χ4n) is 2.37. The second kappa shape index (κ2) is 5.85. The van der Waals surface area contributed by atoms with Crippen molar-refractivity contribution in [3.8, 4) is 5.69 Å². The molecule has 0 saturated heterocycles. The quantitative estimate of drug-likeness (QED) is 0.739. The summed E-state index contributed by atoms with van der Waals surface area (Å²) in [7, 11) is 1.52. The lowest BCUT2D eigenvalue weighted by Crippen LogP contribution is -2.17. The van der Waals surface area contributed by atoms with E-state index in [4.69, 9.17) is 0 Å². The van der Waals surface area contributed by atoms with E-state index in [1.807, 2.05) is 24.3 Å². The highest BCUT2D eigenvalue weighted by Crippen LogP contribution is 2.25. The molecule has 3 rings (SSSR count). The monoisotopic (exact) mass is 373 g/mol. The zero-order valence-corrected chi connectivity index (χ0v) is 13.7. The molecule has 0 spiro atoms. The van der Waals surface area contributed by atoms with Crippen LogP contribution in [-0.2, 0) is 0 Å². The molecule has 0 bridgehead atoms. The summed E-state index contributed by atoms with van der Waals surface area (Å²) in [6.07, 6.45) is 0. The Morgan fingerprint density at radius 2 is 2.00 bits per heavy atom. The van der Waals surface area contributed by atoms with Crippen molar-refractivity contribution in [3.63, 3.8) is 0 Å². The van der Waals surface area contributed by atoms with E-state index >= 15 is 0 Å². The number of aromatic carboxylic acids is 1. The van der Waals surface area contributed by atoms with Crippen molar-refractivity contribution in [1.29, 1.82) is 0 Å². The van der Waals surface area contributed by atoms with Crippen LogP contribution < -0.4 is 5.32 Å². The van der Waals surface area contributed by atoms with Crippen LogP contribution in [0.15, 0.2) is 46.9 Å². The van der Waals surface area contributed by atoms with E-state index in [1.165, 1.54) is 7.05 Å². The number of carboxylic acids is 1. The summed E-state index contributed by atoms with van der Waals surface area (Å²) < 4.78 is 2.41. The number of hydrogen-bond acceptors (Lipinski definition) is 3. The molecule has 0 saturated carbocycles.